The molecule has 0 aliphatic carbocycles. The first kappa shape index (κ1) is 22.4. The fraction of sp³-hybridized carbons (Fsp3) is 0.500. The molecular weight excluding hydrogens is 354 g/mol. The molecule has 0 heterocycles. The number of nitrogens with one attached hydrogen (secondary N) is 2. The number of aliphatic hydroxyl groups excluding tert-OH is 1. The summed E-state index contributed by atoms with van der Waals surface area (Å²) < 4.78 is 0. The van der Waals surface area contributed by atoms with E-state index < -0.39 is 42.0 Å². The predicted molar refractivity (Wildman–Crippen MR) is 97.8 cm³/mol. The summed E-state index contributed by atoms with van der Waals surface area (Å²) in [5, 5.41) is 32.6. The summed E-state index contributed by atoms with van der Waals surface area (Å²) in [5.41, 5.74) is 6.63. The number of rotatable bonds is 9. The Morgan fingerprint density at radius 2 is 1.52 bits per heavy atom. The molecule has 0 radical (unpaired) electrons. The van der Waals surface area contributed by atoms with Crippen molar-refractivity contribution < 1.29 is 29.7 Å². The normalized spacial score (nSPS) is 15.5. The molecule has 150 valence electrons. The number of hydrogen-bond acceptors (Lipinski definition) is 6. The smallest absolute Gasteiger partial charge is 0.328 e. The summed E-state index contributed by atoms with van der Waals surface area (Å²) in [6.07, 6.45) is -1.10. The van der Waals surface area contributed by atoms with Crippen LogP contribution in [0.5, 0.6) is 5.75 Å². The van der Waals surface area contributed by atoms with E-state index >= 15 is 0 Å². The van der Waals surface area contributed by atoms with Gasteiger partial charge in [0.15, 0.2) is 6.04 Å². The van der Waals surface area contributed by atoms with Gasteiger partial charge in [-0.2, -0.15) is 0 Å². The highest BCUT2D eigenvalue weighted by Crippen LogP contribution is 2.11. The van der Waals surface area contributed by atoms with Crippen molar-refractivity contribution in [2.75, 3.05) is 0 Å². The lowest BCUT2D eigenvalue weighted by molar-refractivity contribution is -0.145. The second kappa shape index (κ2) is 9.89. The van der Waals surface area contributed by atoms with Crippen LogP contribution in [0.15, 0.2) is 24.3 Å². The monoisotopic (exact) mass is 381 g/mol. The van der Waals surface area contributed by atoms with Crippen molar-refractivity contribution in [2.24, 2.45) is 11.7 Å². The number of carboxylic acids is 1. The minimum absolute atomic E-state index is 0.0967. The minimum atomic E-state index is -1.48. The zero-order chi connectivity index (χ0) is 20.7. The van der Waals surface area contributed by atoms with E-state index in [1.807, 2.05) is 0 Å². The molecule has 2 amide bonds. The van der Waals surface area contributed by atoms with Crippen LogP contribution in [0.4, 0.5) is 0 Å². The molecule has 4 atom stereocenters. The SMILES string of the molecule is CC(C)[C@H](NC(=O)[C@@H](N)Cc1ccc(O)cc1)C(=O)N[C@H](C(=O)O)[C@@H](C)O. The summed E-state index contributed by atoms with van der Waals surface area (Å²) in [6, 6.07) is 2.80. The number of amides is 2. The topological polar surface area (TPSA) is 162 Å². The standard InChI is InChI=1S/C18H27N3O6/c1-9(2)14(17(25)21-15(10(3)22)18(26)27)20-16(24)13(19)8-11-4-6-12(23)7-5-11/h4-7,9-10,13-15,22-23H,8,19H2,1-3H3,(H,20,24)(H,21,25)(H,26,27)/t10-,13+,14+,15+/m1/s1. The average molecular weight is 381 g/mol. The number of benzene rings is 1. The van der Waals surface area contributed by atoms with E-state index in [9.17, 15) is 24.6 Å². The number of aliphatic hydroxyl groups is 1. The van der Waals surface area contributed by atoms with E-state index in [0.29, 0.717) is 0 Å². The molecule has 1 aromatic carbocycles. The van der Waals surface area contributed by atoms with Crippen molar-refractivity contribution in [3.63, 3.8) is 0 Å². The Morgan fingerprint density at radius 1 is 1.00 bits per heavy atom. The number of hydrogen-bond donors (Lipinski definition) is 6. The van der Waals surface area contributed by atoms with Crippen LogP contribution in [-0.4, -0.2) is 57.3 Å². The molecule has 0 aliphatic rings. The molecule has 7 N–H and O–H groups in total. The number of aliphatic carboxylic acids is 1. The van der Waals surface area contributed by atoms with Crippen LogP contribution in [0.25, 0.3) is 0 Å². The predicted octanol–water partition coefficient (Wildman–Crippen LogP) is -0.647. The van der Waals surface area contributed by atoms with Gasteiger partial charge in [0.05, 0.1) is 12.1 Å². The molecule has 0 saturated heterocycles. The third-order valence-corrected chi connectivity index (χ3v) is 4.02. The summed E-state index contributed by atoms with van der Waals surface area (Å²) in [4.78, 5) is 35.9. The van der Waals surface area contributed by atoms with Gasteiger partial charge in [-0.1, -0.05) is 26.0 Å². The summed E-state index contributed by atoms with van der Waals surface area (Å²) in [5.74, 6) is -2.90. The van der Waals surface area contributed by atoms with Gasteiger partial charge in [0.2, 0.25) is 11.8 Å². The molecule has 0 unspecified atom stereocenters. The average Bonchev–Trinajstić information content (AvgIpc) is 2.58. The summed E-state index contributed by atoms with van der Waals surface area (Å²) >= 11 is 0. The van der Waals surface area contributed by atoms with Crippen molar-refractivity contribution in [3.05, 3.63) is 29.8 Å². The first-order valence-corrected chi connectivity index (χ1v) is 8.58. The van der Waals surface area contributed by atoms with Crippen molar-refractivity contribution in [2.45, 2.75) is 51.4 Å². The van der Waals surface area contributed by atoms with Crippen LogP contribution in [0, 0.1) is 5.92 Å². The minimum Gasteiger partial charge on any atom is -0.508 e. The molecule has 9 heteroatoms. The zero-order valence-electron chi connectivity index (χ0n) is 15.5. The number of carbonyl (C=O) groups is 3. The largest absolute Gasteiger partial charge is 0.508 e. The van der Waals surface area contributed by atoms with Gasteiger partial charge in [-0.15, -0.1) is 0 Å². The Kier molecular flexibility index (Phi) is 8.20. The summed E-state index contributed by atoms with van der Waals surface area (Å²) in [6.45, 7) is 4.62. The van der Waals surface area contributed by atoms with E-state index in [1.54, 1.807) is 26.0 Å². The third kappa shape index (κ3) is 6.87. The molecule has 1 rings (SSSR count). The van der Waals surface area contributed by atoms with Crippen LogP contribution in [0.3, 0.4) is 0 Å². The highest BCUT2D eigenvalue weighted by Gasteiger charge is 2.31. The highest BCUT2D eigenvalue weighted by atomic mass is 16.4. The number of phenols is 1. The Bertz CT molecular complexity index is 660. The van der Waals surface area contributed by atoms with E-state index in [0.717, 1.165) is 5.56 Å². The molecule has 27 heavy (non-hydrogen) atoms. The third-order valence-electron chi connectivity index (χ3n) is 4.02. The van der Waals surface area contributed by atoms with E-state index in [2.05, 4.69) is 10.6 Å². The molecule has 0 aromatic heterocycles. The van der Waals surface area contributed by atoms with E-state index in [1.165, 1.54) is 19.1 Å². The number of carbonyl (C=O) groups excluding carboxylic acids is 2. The van der Waals surface area contributed by atoms with E-state index in [4.69, 9.17) is 10.8 Å². The maximum Gasteiger partial charge on any atom is 0.328 e. The first-order valence-electron chi connectivity index (χ1n) is 8.58. The van der Waals surface area contributed by atoms with Gasteiger partial charge in [-0.3, -0.25) is 9.59 Å². The Morgan fingerprint density at radius 3 is 1.96 bits per heavy atom. The Labute approximate surface area is 157 Å². The zero-order valence-corrected chi connectivity index (χ0v) is 15.5. The fourth-order valence-corrected chi connectivity index (χ4v) is 2.41. The highest BCUT2D eigenvalue weighted by molar-refractivity contribution is 5.92. The van der Waals surface area contributed by atoms with Crippen molar-refractivity contribution >= 4 is 17.8 Å². The quantitative estimate of drug-likeness (QED) is 0.331. The van der Waals surface area contributed by atoms with Crippen molar-refractivity contribution in [1.82, 2.24) is 10.6 Å². The lowest BCUT2D eigenvalue weighted by atomic mass is 10.0. The van der Waals surface area contributed by atoms with Crippen LogP contribution in [0.2, 0.25) is 0 Å². The molecule has 0 spiro atoms. The molecule has 0 fully saturated rings. The fourth-order valence-electron chi connectivity index (χ4n) is 2.41. The van der Waals surface area contributed by atoms with Crippen LogP contribution in [0.1, 0.15) is 26.3 Å². The van der Waals surface area contributed by atoms with Gasteiger partial charge in [0.25, 0.3) is 0 Å². The molecule has 0 aliphatic heterocycles. The van der Waals surface area contributed by atoms with Crippen LogP contribution < -0.4 is 16.4 Å². The lowest BCUT2D eigenvalue weighted by Crippen LogP contribution is -2.58. The first-order chi connectivity index (χ1) is 12.5. The van der Waals surface area contributed by atoms with Gasteiger partial charge < -0.3 is 31.7 Å². The van der Waals surface area contributed by atoms with Crippen LogP contribution >= 0.6 is 0 Å². The van der Waals surface area contributed by atoms with Gasteiger partial charge in [0.1, 0.15) is 11.8 Å². The second-order valence-electron chi connectivity index (χ2n) is 6.77. The van der Waals surface area contributed by atoms with Crippen molar-refractivity contribution in [1.29, 1.82) is 0 Å². The Balaban J connectivity index is 2.76. The van der Waals surface area contributed by atoms with Gasteiger partial charge in [-0.05, 0) is 37.0 Å². The summed E-state index contributed by atoms with van der Waals surface area (Å²) in [7, 11) is 0. The molecule has 9 nitrogen and oxygen atoms in total. The van der Waals surface area contributed by atoms with E-state index in [-0.39, 0.29) is 18.1 Å². The molecular formula is C18H27N3O6. The van der Waals surface area contributed by atoms with Crippen molar-refractivity contribution in [3.8, 4) is 5.75 Å². The Hall–Kier alpha value is -2.65. The number of aromatic hydroxyl groups is 1. The number of phenolic OH excluding ortho intramolecular Hbond substituents is 1. The molecule has 0 bridgehead atoms. The van der Waals surface area contributed by atoms with Gasteiger partial charge in [0, 0.05) is 0 Å². The number of carboxylic acid groups (broad SMARTS) is 1. The lowest BCUT2D eigenvalue weighted by Gasteiger charge is -2.26. The second-order valence-corrected chi connectivity index (χ2v) is 6.77. The maximum absolute atomic E-state index is 12.4. The molecule has 1 aromatic rings. The van der Waals surface area contributed by atoms with Crippen LogP contribution in [-0.2, 0) is 20.8 Å². The van der Waals surface area contributed by atoms with Gasteiger partial charge in [-0.25, -0.2) is 4.79 Å². The molecule has 0 saturated carbocycles. The maximum atomic E-state index is 12.4. The van der Waals surface area contributed by atoms with Gasteiger partial charge >= 0.3 is 5.97 Å². The number of nitrogens with two attached hydrogens (primary N) is 1.